The molecule has 0 aromatic carbocycles. The molecule has 2 heteroatoms. The van der Waals surface area contributed by atoms with Crippen LogP contribution in [-0.4, -0.2) is 12.1 Å². The summed E-state index contributed by atoms with van der Waals surface area (Å²) in [6, 6.07) is 0. The van der Waals surface area contributed by atoms with Crippen molar-refractivity contribution in [3.8, 4) is 0 Å². The van der Waals surface area contributed by atoms with Gasteiger partial charge in [-0.2, -0.15) is 0 Å². The van der Waals surface area contributed by atoms with E-state index in [9.17, 15) is 4.79 Å². The Hall–Kier alpha value is -0.530. The van der Waals surface area contributed by atoms with Gasteiger partial charge in [-0.1, -0.05) is 47.5 Å². The molecule has 2 nitrogen and oxygen atoms in total. The molecule has 0 aromatic rings. The minimum Gasteiger partial charge on any atom is -0.462 e. The molecular formula is C16H30O2. The lowest BCUT2D eigenvalue weighted by Gasteiger charge is -2.39. The predicted molar refractivity (Wildman–Crippen MR) is 75.3 cm³/mol. The first-order valence-electron chi connectivity index (χ1n) is 7.66. The van der Waals surface area contributed by atoms with Crippen LogP contribution in [0.4, 0.5) is 0 Å². The second kappa shape index (κ2) is 7.16. The Balaban J connectivity index is 2.65. The van der Waals surface area contributed by atoms with Crippen molar-refractivity contribution in [1.82, 2.24) is 0 Å². The van der Waals surface area contributed by atoms with E-state index >= 15 is 0 Å². The Morgan fingerprint density at radius 2 is 1.94 bits per heavy atom. The molecule has 0 aromatic heterocycles. The third-order valence-corrected chi connectivity index (χ3v) is 4.16. The molecule has 1 rings (SSSR count). The van der Waals surface area contributed by atoms with Gasteiger partial charge in [0.25, 0.3) is 0 Å². The summed E-state index contributed by atoms with van der Waals surface area (Å²) < 4.78 is 5.78. The maximum Gasteiger partial charge on any atom is 0.308 e. The third kappa shape index (κ3) is 4.29. The van der Waals surface area contributed by atoms with Gasteiger partial charge in [0.05, 0.1) is 5.92 Å². The van der Waals surface area contributed by atoms with Crippen LogP contribution in [0.25, 0.3) is 0 Å². The molecular weight excluding hydrogens is 224 g/mol. The molecule has 18 heavy (non-hydrogen) atoms. The summed E-state index contributed by atoms with van der Waals surface area (Å²) >= 11 is 0. The smallest absolute Gasteiger partial charge is 0.308 e. The largest absolute Gasteiger partial charge is 0.462 e. The molecule has 0 heterocycles. The normalized spacial score (nSPS) is 32.6. The minimum atomic E-state index is -0.0251. The number of rotatable bonds is 5. The highest BCUT2D eigenvalue weighted by atomic mass is 16.5. The van der Waals surface area contributed by atoms with Crippen LogP contribution in [0.5, 0.6) is 0 Å². The Labute approximate surface area is 112 Å². The summed E-state index contributed by atoms with van der Waals surface area (Å²) in [5.74, 6) is 1.83. The van der Waals surface area contributed by atoms with Gasteiger partial charge in [0.1, 0.15) is 6.10 Å². The van der Waals surface area contributed by atoms with E-state index in [1.54, 1.807) is 0 Å². The van der Waals surface area contributed by atoms with E-state index in [4.69, 9.17) is 4.74 Å². The maximum atomic E-state index is 11.8. The number of hydrogen-bond acceptors (Lipinski definition) is 2. The molecule has 0 saturated heterocycles. The fraction of sp³-hybridized carbons (Fsp3) is 0.938. The van der Waals surface area contributed by atoms with E-state index in [-0.39, 0.29) is 18.0 Å². The van der Waals surface area contributed by atoms with Gasteiger partial charge in [-0.3, -0.25) is 4.79 Å². The van der Waals surface area contributed by atoms with Gasteiger partial charge in [0.15, 0.2) is 0 Å². The van der Waals surface area contributed by atoms with Crippen molar-refractivity contribution in [1.29, 1.82) is 0 Å². The summed E-state index contributed by atoms with van der Waals surface area (Å²) in [6.07, 6.45) is 6.26. The highest BCUT2D eigenvalue weighted by molar-refractivity contribution is 5.71. The SMILES string of the molecule is CCCCC1CC(C)CC(C)C1OC(=O)C(C)C. The van der Waals surface area contributed by atoms with Gasteiger partial charge in [-0.15, -0.1) is 0 Å². The lowest BCUT2D eigenvalue weighted by molar-refractivity contribution is -0.162. The molecule has 0 radical (unpaired) electrons. The molecule has 1 saturated carbocycles. The topological polar surface area (TPSA) is 26.3 Å². The Kier molecular flexibility index (Phi) is 6.17. The van der Waals surface area contributed by atoms with Crippen LogP contribution >= 0.6 is 0 Å². The highest BCUT2D eigenvalue weighted by Crippen LogP contribution is 2.38. The molecule has 0 aliphatic heterocycles. The number of carbonyl (C=O) groups is 1. The van der Waals surface area contributed by atoms with Crippen LogP contribution in [0.3, 0.4) is 0 Å². The first-order valence-corrected chi connectivity index (χ1v) is 7.66. The van der Waals surface area contributed by atoms with Crippen LogP contribution < -0.4 is 0 Å². The van der Waals surface area contributed by atoms with E-state index in [1.807, 2.05) is 13.8 Å². The van der Waals surface area contributed by atoms with Gasteiger partial charge >= 0.3 is 5.97 Å². The van der Waals surface area contributed by atoms with Crippen molar-refractivity contribution in [2.45, 2.75) is 72.8 Å². The lowest BCUT2D eigenvalue weighted by atomic mass is 9.72. The van der Waals surface area contributed by atoms with E-state index in [1.165, 1.54) is 32.1 Å². The first-order chi connectivity index (χ1) is 8.45. The predicted octanol–water partition coefficient (Wildman–Crippen LogP) is 4.43. The average Bonchev–Trinajstić information content (AvgIpc) is 2.29. The standard InChI is InChI=1S/C16H30O2/c1-6-7-8-14-10-12(4)9-13(5)15(14)18-16(17)11(2)3/h11-15H,6-10H2,1-5H3. The minimum absolute atomic E-state index is 0.0108. The Bertz CT molecular complexity index is 260. The zero-order valence-electron chi connectivity index (χ0n) is 12.7. The Morgan fingerprint density at radius 3 is 2.50 bits per heavy atom. The van der Waals surface area contributed by atoms with Crippen LogP contribution in [0.15, 0.2) is 0 Å². The van der Waals surface area contributed by atoms with E-state index in [0.717, 1.165) is 5.92 Å². The lowest BCUT2D eigenvalue weighted by Crippen LogP contribution is -2.39. The molecule has 4 unspecified atom stereocenters. The molecule has 1 fully saturated rings. The molecule has 0 amide bonds. The molecule has 0 spiro atoms. The molecule has 1 aliphatic carbocycles. The van der Waals surface area contributed by atoms with E-state index in [2.05, 4.69) is 20.8 Å². The second-order valence-corrected chi connectivity index (χ2v) is 6.51. The van der Waals surface area contributed by atoms with Crippen LogP contribution in [0.2, 0.25) is 0 Å². The molecule has 1 aliphatic rings. The van der Waals surface area contributed by atoms with E-state index < -0.39 is 0 Å². The number of unbranched alkanes of at least 4 members (excludes halogenated alkanes) is 1. The molecule has 106 valence electrons. The fourth-order valence-corrected chi connectivity index (χ4v) is 3.21. The highest BCUT2D eigenvalue weighted by Gasteiger charge is 2.36. The number of ether oxygens (including phenoxy) is 1. The Morgan fingerprint density at radius 1 is 1.28 bits per heavy atom. The number of hydrogen-bond donors (Lipinski definition) is 0. The van der Waals surface area contributed by atoms with Gasteiger partial charge in [-0.25, -0.2) is 0 Å². The summed E-state index contributed by atoms with van der Waals surface area (Å²) in [5.41, 5.74) is 0. The van der Waals surface area contributed by atoms with Crippen LogP contribution in [0, 0.1) is 23.7 Å². The quantitative estimate of drug-likeness (QED) is 0.679. The summed E-state index contributed by atoms with van der Waals surface area (Å²) in [7, 11) is 0. The van der Waals surface area contributed by atoms with Crippen molar-refractivity contribution >= 4 is 5.97 Å². The zero-order chi connectivity index (χ0) is 13.7. The average molecular weight is 254 g/mol. The first kappa shape index (κ1) is 15.5. The number of esters is 1. The maximum absolute atomic E-state index is 11.8. The van der Waals surface area contributed by atoms with E-state index in [0.29, 0.717) is 11.8 Å². The van der Waals surface area contributed by atoms with Gasteiger partial charge in [-0.05, 0) is 37.0 Å². The van der Waals surface area contributed by atoms with Gasteiger partial charge in [0.2, 0.25) is 0 Å². The van der Waals surface area contributed by atoms with Crippen molar-refractivity contribution in [3.63, 3.8) is 0 Å². The zero-order valence-corrected chi connectivity index (χ0v) is 12.7. The van der Waals surface area contributed by atoms with Crippen LogP contribution in [0.1, 0.15) is 66.7 Å². The molecule has 4 atom stereocenters. The second-order valence-electron chi connectivity index (χ2n) is 6.51. The van der Waals surface area contributed by atoms with Gasteiger partial charge < -0.3 is 4.74 Å². The van der Waals surface area contributed by atoms with Crippen LogP contribution in [-0.2, 0) is 9.53 Å². The van der Waals surface area contributed by atoms with Gasteiger partial charge in [0, 0.05) is 0 Å². The summed E-state index contributed by atoms with van der Waals surface area (Å²) in [5, 5.41) is 0. The molecule has 0 N–H and O–H groups in total. The summed E-state index contributed by atoms with van der Waals surface area (Å²) in [4.78, 5) is 11.8. The van der Waals surface area contributed by atoms with Crippen molar-refractivity contribution in [2.24, 2.45) is 23.7 Å². The van der Waals surface area contributed by atoms with Crippen molar-refractivity contribution in [2.75, 3.05) is 0 Å². The number of carbonyl (C=O) groups excluding carboxylic acids is 1. The van der Waals surface area contributed by atoms with Crippen molar-refractivity contribution in [3.05, 3.63) is 0 Å². The molecule has 0 bridgehead atoms. The summed E-state index contributed by atoms with van der Waals surface area (Å²) in [6.45, 7) is 10.6. The fourth-order valence-electron chi connectivity index (χ4n) is 3.21. The third-order valence-electron chi connectivity index (χ3n) is 4.16. The monoisotopic (exact) mass is 254 g/mol. The van der Waals surface area contributed by atoms with Crippen molar-refractivity contribution < 1.29 is 9.53 Å².